The predicted molar refractivity (Wildman–Crippen MR) is 144 cm³/mol. The van der Waals surface area contributed by atoms with Gasteiger partial charge in [-0.3, -0.25) is 4.79 Å². The minimum atomic E-state index is -4.09. The van der Waals surface area contributed by atoms with Gasteiger partial charge >= 0.3 is 0 Å². The molecular formula is C28H57NO4S. The van der Waals surface area contributed by atoms with Crippen LogP contribution in [0.15, 0.2) is 0 Å². The summed E-state index contributed by atoms with van der Waals surface area (Å²) in [7, 11) is 0.166. The standard InChI is InChI=1S/C28H57NO4S/c1-4-5-6-7-8-9-10-11-12-13-14-15-16-17-18-23-28(30)24-19-20-25-29(2,3)26-21-22-27-34(31,32)33/h4-27H2,1-3H3. The molecule has 0 spiro atoms. The summed E-state index contributed by atoms with van der Waals surface area (Å²) in [6.07, 6.45) is 24.7. The van der Waals surface area contributed by atoms with Crippen LogP contribution in [0.2, 0.25) is 0 Å². The molecule has 5 nitrogen and oxygen atoms in total. The number of nitrogens with zero attached hydrogens (tertiary/aromatic N) is 1. The molecule has 0 fully saturated rings. The summed E-state index contributed by atoms with van der Waals surface area (Å²) in [5.74, 6) is 0.140. The van der Waals surface area contributed by atoms with Crippen LogP contribution in [-0.4, -0.2) is 56.2 Å². The van der Waals surface area contributed by atoms with Crippen molar-refractivity contribution < 1.29 is 22.2 Å². The third kappa shape index (κ3) is 26.2. The Kier molecular flexibility index (Phi) is 21.5. The second kappa shape index (κ2) is 21.8. The van der Waals surface area contributed by atoms with Crippen molar-refractivity contribution in [3.63, 3.8) is 0 Å². The molecule has 0 aliphatic heterocycles. The van der Waals surface area contributed by atoms with Crippen LogP contribution in [0.25, 0.3) is 0 Å². The van der Waals surface area contributed by atoms with E-state index < -0.39 is 10.1 Å². The lowest BCUT2D eigenvalue weighted by Crippen LogP contribution is -2.41. The number of quaternary nitrogens is 1. The van der Waals surface area contributed by atoms with E-state index >= 15 is 0 Å². The molecular weight excluding hydrogens is 446 g/mol. The SMILES string of the molecule is CCCCCCCCCCCCCCCCCC(=O)CCCC[N+](C)(C)CCCCS(=O)(=O)[O-]. The molecule has 0 saturated heterocycles. The van der Waals surface area contributed by atoms with Gasteiger partial charge in [0, 0.05) is 18.6 Å². The van der Waals surface area contributed by atoms with Crippen LogP contribution in [0.4, 0.5) is 0 Å². The average molecular weight is 504 g/mol. The van der Waals surface area contributed by atoms with Gasteiger partial charge in [0.15, 0.2) is 0 Å². The highest BCUT2D eigenvalue weighted by molar-refractivity contribution is 7.85. The van der Waals surface area contributed by atoms with Crippen LogP contribution in [0.1, 0.15) is 142 Å². The first-order chi connectivity index (χ1) is 16.2. The van der Waals surface area contributed by atoms with E-state index in [1.807, 2.05) is 0 Å². The molecule has 34 heavy (non-hydrogen) atoms. The molecule has 0 aromatic carbocycles. The topological polar surface area (TPSA) is 74.3 Å². The maximum Gasteiger partial charge on any atom is 0.132 e. The Balaban J connectivity index is 3.42. The van der Waals surface area contributed by atoms with Crippen LogP contribution >= 0.6 is 0 Å². The fourth-order valence-electron chi connectivity index (χ4n) is 4.61. The summed E-state index contributed by atoms with van der Waals surface area (Å²) < 4.78 is 32.8. The van der Waals surface area contributed by atoms with Crippen molar-refractivity contribution in [1.29, 1.82) is 0 Å². The molecule has 0 aliphatic carbocycles. The van der Waals surface area contributed by atoms with E-state index in [1.165, 1.54) is 89.9 Å². The number of unbranched alkanes of at least 4 members (excludes halogenated alkanes) is 16. The quantitative estimate of drug-likeness (QED) is 0.0700. The summed E-state index contributed by atoms with van der Waals surface area (Å²) >= 11 is 0. The monoisotopic (exact) mass is 503 g/mol. The van der Waals surface area contributed by atoms with Crippen LogP contribution in [-0.2, 0) is 14.9 Å². The van der Waals surface area contributed by atoms with Crippen LogP contribution < -0.4 is 0 Å². The second-order valence-electron chi connectivity index (χ2n) is 11.0. The molecule has 0 N–H and O–H groups in total. The molecule has 0 saturated carbocycles. The Labute approximate surface area is 212 Å². The minimum Gasteiger partial charge on any atom is -0.748 e. The minimum absolute atomic E-state index is 0.263. The Bertz CT molecular complexity index is 575. The van der Waals surface area contributed by atoms with Gasteiger partial charge < -0.3 is 9.04 Å². The first-order valence-corrected chi connectivity index (χ1v) is 16.0. The highest BCUT2D eigenvalue weighted by Gasteiger charge is 2.14. The zero-order chi connectivity index (χ0) is 25.5. The first-order valence-electron chi connectivity index (χ1n) is 14.4. The molecule has 0 bridgehead atoms. The Morgan fingerprint density at radius 3 is 1.35 bits per heavy atom. The van der Waals surface area contributed by atoms with Gasteiger partial charge in [0.2, 0.25) is 0 Å². The molecule has 0 aromatic heterocycles. The van der Waals surface area contributed by atoms with Gasteiger partial charge in [-0.15, -0.1) is 0 Å². The number of Topliss-reactive ketones (excluding diaryl/α,β-unsaturated/α-hetero) is 1. The summed E-state index contributed by atoms with van der Waals surface area (Å²) in [6, 6.07) is 0. The van der Waals surface area contributed by atoms with E-state index in [-0.39, 0.29) is 5.75 Å². The smallest absolute Gasteiger partial charge is 0.132 e. The van der Waals surface area contributed by atoms with Gasteiger partial charge in [0.25, 0.3) is 0 Å². The zero-order valence-corrected chi connectivity index (χ0v) is 23.8. The van der Waals surface area contributed by atoms with Crippen molar-refractivity contribution >= 4 is 15.9 Å². The normalized spacial score (nSPS) is 12.4. The molecule has 0 radical (unpaired) electrons. The van der Waals surface area contributed by atoms with Gasteiger partial charge in [-0.2, -0.15) is 0 Å². The van der Waals surface area contributed by atoms with E-state index in [4.69, 9.17) is 0 Å². The van der Waals surface area contributed by atoms with Gasteiger partial charge in [-0.05, 0) is 32.1 Å². The number of carbonyl (C=O) groups excluding carboxylic acids is 1. The lowest BCUT2D eigenvalue weighted by Gasteiger charge is -2.30. The Hall–Kier alpha value is -0.460. The molecule has 0 unspecified atom stereocenters. The molecule has 6 heteroatoms. The van der Waals surface area contributed by atoms with E-state index in [9.17, 15) is 17.8 Å². The molecule has 0 aromatic rings. The van der Waals surface area contributed by atoms with Gasteiger partial charge in [-0.25, -0.2) is 8.42 Å². The third-order valence-corrected chi connectivity index (χ3v) is 7.72. The number of rotatable bonds is 26. The fourth-order valence-corrected chi connectivity index (χ4v) is 5.17. The predicted octanol–water partition coefficient (Wildman–Crippen LogP) is 7.39. The van der Waals surface area contributed by atoms with Crippen molar-refractivity contribution in [1.82, 2.24) is 0 Å². The molecule has 0 aliphatic rings. The molecule has 0 rings (SSSR count). The van der Waals surface area contributed by atoms with E-state index in [0.717, 1.165) is 49.7 Å². The van der Waals surface area contributed by atoms with Crippen molar-refractivity contribution in [2.45, 2.75) is 142 Å². The lowest BCUT2D eigenvalue weighted by atomic mass is 10.0. The molecule has 204 valence electrons. The zero-order valence-electron chi connectivity index (χ0n) is 23.0. The van der Waals surface area contributed by atoms with E-state index in [0.29, 0.717) is 18.6 Å². The number of hydrogen-bond donors (Lipinski definition) is 0. The summed E-state index contributed by atoms with van der Waals surface area (Å²) in [4.78, 5) is 12.1. The number of carbonyl (C=O) groups is 1. The fraction of sp³-hybridized carbons (Fsp3) is 0.964. The largest absolute Gasteiger partial charge is 0.748 e. The highest BCUT2D eigenvalue weighted by atomic mass is 32.2. The van der Waals surface area contributed by atoms with Crippen molar-refractivity contribution in [3.05, 3.63) is 0 Å². The van der Waals surface area contributed by atoms with Gasteiger partial charge in [-0.1, -0.05) is 96.8 Å². The average Bonchev–Trinajstić information content (AvgIpc) is 2.76. The lowest BCUT2D eigenvalue weighted by molar-refractivity contribution is -0.890. The maximum atomic E-state index is 12.1. The highest BCUT2D eigenvalue weighted by Crippen LogP contribution is 2.14. The molecule has 0 heterocycles. The summed E-state index contributed by atoms with van der Waals surface area (Å²) in [5.41, 5.74) is 0. The van der Waals surface area contributed by atoms with Crippen molar-refractivity contribution in [3.8, 4) is 0 Å². The number of ketones is 1. The second-order valence-corrected chi connectivity index (χ2v) is 12.6. The summed E-state index contributed by atoms with van der Waals surface area (Å²) in [5, 5.41) is 0. The Morgan fingerprint density at radius 1 is 0.588 bits per heavy atom. The first kappa shape index (κ1) is 33.5. The van der Waals surface area contributed by atoms with E-state index in [2.05, 4.69) is 21.0 Å². The van der Waals surface area contributed by atoms with Gasteiger partial charge in [0.05, 0.1) is 37.3 Å². The molecule has 0 atom stereocenters. The van der Waals surface area contributed by atoms with Crippen LogP contribution in [0.3, 0.4) is 0 Å². The van der Waals surface area contributed by atoms with E-state index in [1.54, 1.807) is 0 Å². The van der Waals surface area contributed by atoms with Crippen LogP contribution in [0.5, 0.6) is 0 Å². The maximum absolute atomic E-state index is 12.1. The third-order valence-electron chi connectivity index (χ3n) is 6.94. The van der Waals surface area contributed by atoms with Crippen molar-refractivity contribution in [2.24, 2.45) is 0 Å². The van der Waals surface area contributed by atoms with Gasteiger partial charge in [0.1, 0.15) is 5.78 Å². The Morgan fingerprint density at radius 2 is 0.941 bits per heavy atom. The number of hydrogen-bond acceptors (Lipinski definition) is 4. The van der Waals surface area contributed by atoms with Crippen LogP contribution in [0, 0.1) is 0 Å². The van der Waals surface area contributed by atoms with Crippen molar-refractivity contribution in [2.75, 3.05) is 32.9 Å². The molecule has 0 amide bonds. The summed E-state index contributed by atoms with van der Waals surface area (Å²) in [6.45, 7) is 4.12.